The summed E-state index contributed by atoms with van der Waals surface area (Å²) in [5, 5.41) is 8.35. The van der Waals surface area contributed by atoms with Crippen molar-refractivity contribution in [3.8, 4) is 0 Å². The number of halogens is 1. The van der Waals surface area contributed by atoms with Crippen molar-refractivity contribution < 1.29 is 4.39 Å². The van der Waals surface area contributed by atoms with Crippen LogP contribution in [0.1, 0.15) is 37.7 Å². The molecule has 130 valence electrons. The van der Waals surface area contributed by atoms with Gasteiger partial charge in [-0.1, -0.05) is 42.7 Å². The molecule has 0 unspecified atom stereocenters. The zero-order valence-electron chi connectivity index (χ0n) is 13.7. The molecule has 4 rings (SSSR count). The summed E-state index contributed by atoms with van der Waals surface area (Å²) in [6.07, 6.45) is 7.03. The van der Waals surface area contributed by atoms with Crippen LogP contribution in [0.4, 0.5) is 9.52 Å². The van der Waals surface area contributed by atoms with Gasteiger partial charge in [-0.05, 0) is 30.5 Å². The van der Waals surface area contributed by atoms with Gasteiger partial charge >= 0.3 is 0 Å². The molecule has 25 heavy (non-hydrogen) atoms. The van der Waals surface area contributed by atoms with Gasteiger partial charge in [0.2, 0.25) is 10.1 Å². The smallest absolute Gasteiger partial charge is 0.275 e. The third kappa shape index (κ3) is 3.16. The van der Waals surface area contributed by atoms with Crippen molar-refractivity contribution >= 4 is 21.4 Å². The lowest BCUT2D eigenvalue weighted by molar-refractivity contribution is 0.307. The maximum absolute atomic E-state index is 13.8. The van der Waals surface area contributed by atoms with E-state index in [0.29, 0.717) is 16.6 Å². The molecule has 1 aliphatic carbocycles. The molecule has 2 heterocycles. The molecule has 0 spiro atoms. The molecule has 7 heteroatoms. The van der Waals surface area contributed by atoms with E-state index in [9.17, 15) is 9.18 Å². The van der Waals surface area contributed by atoms with Crippen molar-refractivity contribution in [2.75, 3.05) is 11.9 Å². The van der Waals surface area contributed by atoms with Crippen LogP contribution >= 0.6 is 11.3 Å². The van der Waals surface area contributed by atoms with Crippen LogP contribution in [0.2, 0.25) is 0 Å². The Kier molecular flexibility index (Phi) is 4.25. The molecule has 1 N–H and O–H groups in total. The molecule has 3 aromatic rings. The number of fused-ring (bicyclic) bond motifs is 1. The van der Waals surface area contributed by atoms with E-state index in [1.807, 2.05) is 6.07 Å². The average Bonchev–Trinajstić information content (AvgIpc) is 3.06. The van der Waals surface area contributed by atoms with Crippen molar-refractivity contribution in [3.63, 3.8) is 0 Å². The second-order valence-electron chi connectivity index (χ2n) is 6.59. The highest BCUT2D eigenvalue weighted by molar-refractivity contribution is 7.20. The zero-order valence-corrected chi connectivity index (χ0v) is 14.6. The number of anilines is 1. The van der Waals surface area contributed by atoms with Crippen LogP contribution < -0.4 is 10.9 Å². The Morgan fingerprint density at radius 3 is 2.84 bits per heavy atom. The van der Waals surface area contributed by atoms with Crippen LogP contribution in [-0.2, 0) is 5.41 Å². The fraction of sp³-hybridized carbons (Fsp3) is 0.389. The molecule has 0 radical (unpaired) electrons. The topological polar surface area (TPSA) is 59.3 Å². The third-order valence-corrected chi connectivity index (χ3v) is 5.88. The molecule has 1 fully saturated rings. The van der Waals surface area contributed by atoms with Crippen LogP contribution in [0, 0.1) is 5.82 Å². The van der Waals surface area contributed by atoms with Gasteiger partial charge in [0.1, 0.15) is 5.82 Å². The van der Waals surface area contributed by atoms with Crippen LogP contribution in [-0.4, -0.2) is 21.1 Å². The van der Waals surface area contributed by atoms with Gasteiger partial charge in [-0.25, -0.2) is 9.37 Å². The number of nitrogens with zero attached hydrogens (tertiary/aromatic N) is 3. The summed E-state index contributed by atoms with van der Waals surface area (Å²) in [4.78, 5) is 16.6. The Labute approximate surface area is 148 Å². The minimum atomic E-state index is -0.196. The minimum absolute atomic E-state index is 0.101. The van der Waals surface area contributed by atoms with E-state index in [1.54, 1.807) is 12.1 Å². The van der Waals surface area contributed by atoms with Gasteiger partial charge in [0.15, 0.2) is 0 Å². The summed E-state index contributed by atoms with van der Waals surface area (Å²) < 4.78 is 15.1. The van der Waals surface area contributed by atoms with E-state index in [-0.39, 0.29) is 16.8 Å². The Bertz CT molecular complexity index is 945. The van der Waals surface area contributed by atoms with E-state index >= 15 is 0 Å². The highest BCUT2D eigenvalue weighted by atomic mass is 32.1. The Morgan fingerprint density at radius 2 is 2.08 bits per heavy atom. The summed E-state index contributed by atoms with van der Waals surface area (Å²) in [5.74, 6) is -0.196. The minimum Gasteiger partial charge on any atom is -0.359 e. The van der Waals surface area contributed by atoms with Gasteiger partial charge < -0.3 is 5.32 Å². The number of aromatic nitrogens is 3. The van der Waals surface area contributed by atoms with Gasteiger partial charge in [-0.3, -0.25) is 4.79 Å². The van der Waals surface area contributed by atoms with Crippen LogP contribution in [0.15, 0.2) is 41.3 Å². The van der Waals surface area contributed by atoms with Gasteiger partial charge in [-0.15, -0.1) is 5.10 Å². The predicted octanol–water partition coefficient (Wildman–Crippen LogP) is 3.60. The number of nitrogens with one attached hydrogen (secondary N) is 1. The fourth-order valence-corrected chi connectivity index (χ4v) is 4.44. The first kappa shape index (κ1) is 16.2. The standard InChI is InChI=1S/C18H19FN4OS/c19-14-6-4-5-13(11-14)18(8-2-1-3-9-18)12-21-16-22-23-15(24)7-10-20-17(23)25-16/h4-7,10-11H,1-3,8-9,12H2,(H,21,22). The molecule has 0 saturated heterocycles. The van der Waals surface area contributed by atoms with E-state index in [0.717, 1.165) is 31.2 Å². The van der Waals surface area contributed by atoms with Crippen LogP contribution in [0.5, 0.6) is 0 Å². The number of hydrogen-bond acceptors (Lipinski definition) is 5. The second-order valence-corrected chi connectivity index (χ2v) is 7.55. The normalized spacial score (nSPS) is 16.8. The molecule has 1 aliphatic rings. The van der Waals surface area contributed by atoms with Crippen molar-refractivity contribution in [2.45, 2.75) is 37.5 Å². The van der Waals surface area contributed by atoms with Crippen molar-refractivity contribution in [3.05, 3.63) is 58.3 Å². The summed E-state index contributed by atoms with van der Waals surface area (Å²) in [7, 11) is 0. The Morgan fingerprint density at radius 1 is 1.24 bits per heavy atom. The van der Waals surface area contributed by atoms with Crippen molar-refractivity contribution in [1.82, 2.24) is 14.6 Å². The molecule has 1 aromatic carbocycles. The lowest BCUT2D eigenvalue weighted by atomic mass is 9.69. The first-order valence-electron chi connectivity index (χ1n) is 8.51. The highest BCUT2D eigenvalue weighted by Gasteiger charge is 2.34. The van der Waals surface area contributed by atoms with Gasteiger partial charge in [0.25, 0.3) is 5.56 Å². The monoisotopic (exact) mass is 358 g/mol. The predicted molar refractivity (Wildman–Crippen MR) is 96.8 cm³/mol. The molecular formula is C18H19FN4OS. The van der Waals surface area contributed by atoms with Gasteiger partial charge in [0.05, 0.1) is 0 Å². The first-order chi connectivity index (χ1) is 12.2. The first-order valence-corrected chi connectivity index (χ1v) is 9.33. The zero-order chi connectivity index (χ0) is 17.3. The second kappa shape index (κ2) is 6.55. The van der Waals surface area contributed by atoms with Gasteiger partial charge in [0, 0.05) is 24.2 Å². The highest BCUT2D eigenvalue weighted by Crippen LogP contribution is 2.40. The van der Waals surface area contributed by atoms with E-state index < -0.39 is 0 Å². The third-order valence-electron chi connectivity index (χ3n) is 5.00. The molecule has 0 atom stereocenters. The van der Waals surface area contributed by atoms with Crippen LogP contribution in [0.3, 0.4) is 0 Å². The number of hydrogen-bond donors (Lipinski definition) is 1. The molecule has 2 aromatic heterocycles. The maximum atomic E-state index is 13.8. The lowest BCUT2D eigenvalue weighted by Crippen LogP contribution is -2.36. The van der Waals surface area contributed by atoms with E-state index in [2.05, 4.69) is 15.4 Å². The summed E-state index contributed by atoms with van der Waals surface area (Å²) in [6.45, 7) is 0.672. The SMILES string of the molecule is O=c1ccnc2sc(NCC3(c4cccc(F)c4)CCCCC3)nn12. The molecule has 1 saturated carbocycles. The van der Waals surface area contributed by atoms with Crippen molar-refractivity contribution in [2.24, 2.45) is 0 Å². The molecular weight excluding hydrogens is 339 g/mol. The van der Waals surface area contributed by atoms with Crippen LogP contribution in [0.25, 0.3) is 4.96 Å². The summed E-state index contributed by atoms with van der Waals surface area (Å²) >= 11 is 1.35. The van der Waals surface area contributed by atoms with E-state index in [4.69, 9.17) is 0 Å². The molecule has 5 nitrogen and oxygen atoms in total. The fourth-order valence-electron chi connectivity index (χ4n) is 3.67. The summed E-state index contributed by atoms with van der Waals surface area (Å²) in [6, 6.07) is 8.32. The maximum Gasteiger partial charge on any atom is 0.275 e. The Hall–Kier alpha value is -2.28. The number of rotatable bonds is 4. The van der Waals surface area contributed by atoms with Gasteiger partial charge in [-0.2, -0.15) is 4.52 Å². The van der Waals surface area contributed by atoms with Crippen molar-refractivity contribution in [1.29, 1.82) is 0 Å². The summed E-state index contributed by atoms with van der Waals surface area (Å²) in [5.41, 5.74) is 0.749. The molecule has 0 bridgehead atoms. The molecule has 0 amide bonds. The van der Waals surface area contributed by atoms with E-state index in [1.165, 1.54) is 40.6 Å². The molecule has 0 aliphatic heterocycles. The average molecular weight is 358 g/mol. The Balaban J connectivity index is 1.62. The largest absolute Gasteiger partial charge is 0.359 e. The number of benzene rings is 1. The quantitative estimate of drug-likeness (QED) is 0.774. The lowest BCUT2D eigenvalue weighted by Gasteiger charge is -2.38.